The van der Waals surface area contributed by atoms with Crippen LogP contribution in [0.15, 0.2) is 27.9 Å². The fraction of sp³-hybridized carbons (Fsp3) is 0. The van der Waals surface area contributed by atoms with Crippen LogP contribution in [0, 0.1) is 45.6 Å². The molecule has 0 heterocycles. The SMILES string of the molecule is N#CC(C#N)=C(C#N)Nc1cc(F)c(Br)c(F)c1. The Labute approximate surface area is 109 Å². The maximum atomic E-state index is 13.2. The Morgan fingerprint density at radius 2 is 1.56 bits per heavy atom. The highest BCUT2D eigenvalue weighted by molar-refractivity contribution is 9.10. The highest BCUT2D eigenvalue weighted by atomic mass is 79.9. The molecule has 0 amide bonds. The summed E-state index contributed by atoms with van der Waals surface area (Å²) in [5.41, 5.74) is -0.921. The zero-order chi connectivity index (χ0) is 13.7. The lowest BCUT2D eigenvalue weighted by molar-refractivity contribution is 0.573. The largest absolute Gasteiger partial charge is 0.345 e. The fourth-order valence-electron chi connectivity index (χ4n) is 1.06. The van der Waals surface area contributed by atoms with Crippen molar-refractivity contribution in [1.29, 1.82) is 15.8 Å². The molecule has 1 aromatic carbocycles. The smallest absolute Gasteiger partial charge is 0.163 e. The summed E-state index contributed by atoms with van der Waals surface area (Å²) in [7, 11) is 0. The number of nitrogens with zero attached hydrogens (tertiary/aromatic N) is 3. The minimum absolute atomic E-state index is 0.0762. The van der Waals surface area contributed by atoms with Gasteiger partial charge in [-0.25, -0.2) is 8.78 Å². The first-order valence-electron chi connectivity index (χ1n) is 4.39. The van der Waals surface area contributed by atoms with E-state index in [1.807, 2.05) is 0 Å². The van der Waals surface area contributed by atoms with Gasteiger partial charge in [-0.3, -0.25) is 0 Å². The van der Waals surface area contributed by atoms with Gasteiger partial charge in [0.1, 0.15) is 35.5 Å². The molecule has 0 atom stereocenters. The van der Waals surface area contributed by atoms with Crippen molar-refractivity contribution < 1.29 is 8.78 Å². The fourth-order valence-corrected chi connectivity index (χ4v) is 1.28. The highest BCUT2D eigenvalue weighted by Gasteiger charge is 2.11. The van der Waals surface area contributed by atoms with E-state index >= 15 is 0 Å². The van der Waals surface area contributed by atoms with E-state index in [4.69, 9.17) is 15.8 Å². The number of hydrogen-bond donors (Lipinski definition) is 1. The van der Waals surface area contributed by atoms with E-state index in [1.165, 1.54) is 12.1 Å². The Morgan fingerprint density at radius 3 is 1.94 bits per heavy atom. The van der Waals surface area contributed by atoms with Gasteiger partial charge in [0.05, 0.1) is 4.47 Å². The van der Waals surface area contributed by atoms with Gasteiger partial charge in [0.25, 0.3) is 0 Å². The maximum absolute atomic E-state index is 13.2. The van der Waals surface area contributed by atoms with E-state index in [0.717, 1.165) is 12.1 Å². The number of anilines is 1. The Hall–Kier alpha value is -2.43. The van der Waals surface area contributed by atoms with Crippen molar-refractivity contribution in [3.8, 4) is 18.2 Å². The summed E-state index contributed by atoms with van der Waals surface area (Å²) in [4.78, 5) is 0. The van der Waals surface area contributed by atoms with Gasteiger partial charge >= 0.3 is 0 Å². The predicted octanol–water partition coefficient (Wildman–Crippen LogP) is 2.96. The second-order valence-electron chi connectivity index (χ2n) is 2.96. The Kier molecular flexibility index (Phi) is 4.37. The second-order valence-corrected chi connectivity index (χ2v) is 3.76. The standard InChI is InChI=1S/C11H3BrF2N4/c12-11-8(13)1-7(2-9(11)14)18-10(5-17)6(3-15)4-16/h1-2,18H. The van der Waals surface area contributed by atoms with Gasteiger partial charge in [0.2, 0.25) is 0 Å². The molecule has 1 rings (SSSR count). The molecule has 0 aromatic heterocycles. The third-order valence-electron chi connectivity index (χ3n) is 1.84. The number of allylic oxidation sites excluding steroid dienone is 2. The first kappa shape index (κ1) is 13.6. The minimum Gasteiger partial charge on any atom is -0.345 e. The van der Waals surface area contributed by atoms with Crippen molar-refractivity contribution in [2.75, 3.05) is 5.32 Å². The quantitative estimate of drug-likeness (QED) is 0.672. The molecule has 0 unspecified atom stereocenters. The zero-order valence-electron chi connectivity index (χ0n) is 8.63. The molecule has 0 bridgehead atoms. The summed E-state index contributed by atoms with van der Waals surface area (Å²) >= 11 is 2.69. The molecule has 4 nitrogen and oxygen atoms in total. The number of rotatable bonds is 2. The molecule has 0 spiro atoms. The van der Waals surface area contributed by atoms with Crippen LogP contribution in [0.1, 0.15) is 0 Å². The van der Waals surface area contributed by atoms with Crippen LogP contribution in [0.5, 0.6) is 0 Å². The zero-order valence-corrected chi connectivity index (χ0v) is 10.2. The van der Waals surface area contributed by atoms with E-state index in [-0.39, 0.29) is 15.9 Å². The summed E-state index contributed by atoms with van der Waals surface area (Å²) in [5, 5.41) is 28.2. The van der Waals surface area contributed by atoms with E-state index in [1.54, 1.807) is 6.07 Å². The summed E-state index contributed by atoms with van der Waals surface area (Å²) in [6, 6.07) is 6.43. The summed E-state index contributed by atoms with van der Waals surface area (Å²) in [6.45, 7) is 0. The van der Waals surface area contributed by atoms with Gasteiger partial charge in [-0.15, -0.1) is 0 Å². The Balaban J connectivity index is 3.22. The highest BCUT2D eigenvalue weighted by Crippen LogP contribution is 2.24. The van der Waals surface area contributed by atoms with Crippen LogP contribution in [-0.4, -0.2) is 0 Å². The van der Waals surface area contributed by atoms with E-state index in [0.29, 0.717) is 0 Å². The van der Waals surface area contributed by atoms with E-state index in [9.17, 15) is 8.78 Å². The van der Waals surface area contributed by atoms with Crippen molar-refractivity contribution in [2.24, 2.45) is 0 Å². The third-order valence-corrected chi connectivity index (χ3v) is 2.60. The molecule has 0 radical (unpaired) electrons. The number of hydrogen-bond acceptors (Lipinski definition) is 4. The van der Waals surface area contributed by atoms with Gasteiger partial charge in [0, 0.05) is 5.69 Å². The van der Waals surface area contributed by atoms with Gasteiger partial charge < -0.3 is 5.32 Å². The number of benzene rings is 1. The Morgan fingerprint density at radius 1 is 1.06 bits per heavy atom. The van der Waals surface area contributed by atoms with Crippen LogP contribution in [0.3, 0.4) is 0 Å². The van der Waals surface area contributed by atoms with Crippen LogP contribution in [-0.2, 0) is 0 Å². The maximum Gasteiger partial charge on any atom is 0.163 e. The number of halogens is 3. The molecule has 0 aliphatic rings. The lowest BCUT2D eigenvalue weighted by Gasteiger charge is -2.06. The molecule has 0 aliphatic heterocycles. The van der Waals surface area contributed by atoms with Gasteiger partial charge in [-0.05, 0) is 28.1 Å². The molecule has 1 aromatic rings. The molecular formula is C11H3BrF2N4. The minimum atomic E-state index is -0.870. The first-order valence-corrected chi connectivity index (χ1v) is 5.19. The van der Waals surface area contributed by atoms with E-state index < -0.39 is 17.2 Å². The van der Waals surface area contributed by atoms with Crippen LogP contribution in [0.25, 0.3) is 0 Å². The first-order chi connectivity index (χ1) is 8.53. The normalized spacial score (nSPS) is 8.67. The van der Waals surface area contributed by atoms with Gasteiger partial charge in [0.15, 0.2) is 5.57 Å². The lowest BCUT2D eigenvalue weighted by Crippen LogP contribution is -2.02. The molecule has 0 saturated carbocycles. The average Bonchev–Trinajstić information content (AvgIpc) is 2.35. The average molecular weight is 309 g/mol. The van der Waals surface area contributed by atoms with Crippen LogP contribution < -0.4 is 5.32 Å². The molecule has 18 heavy (non-hydrogen) atoms. The topological polar surface area (TPSA) is 83.4 Å². The van der Waals surface area contributed by atoms with Crippen molar-refractivity contribution in [3.63, 3.8) is 0 Å². The van der Waals surface area contributed by atoms with Crippen LogP contribution >= 0.6 is 15.9 Å². The molecule has 7 heteroatoms. The second kappa shape index (κ2) is 5.77. The molecule has 1 N–H and O–H groups in total. The molecule has 0 aliphatic carbocycles. The third kappa shape index (κ3) is 2.82. The number of nitrogens with one attached hydrogen (secondary N) is 1. The van der Waals surface area contributed by atoms with E-state index in [2.05, 4.69) is 21.2 Å². The molecule has 0 saturated heterocycles. The van der Waals surface area contributed by atoms with Gasteiger partial charge in [-0.2, -0.15) is 15.8 Å². The number of nitriles is 3. The van der Waals surface area contributed by atoms with Crippen molar-refractivity contribution in [2.45, 2.75) is 0 Å². The Bertz CT molecular complexity index is 607. The lowest BCUT2D eigenvalue weighted by atomic mass is 10.2. The summed E-state index contributed by atoms with van der Waals surface area (Å²) < 4.78 is 26.1. The molecular weight excluding hydrogens is 306 g/mol. The summed E-state index contributed by atoms with van der Waals surface area (Å²) in [5.74, 6) is -1.74. The monoisotopic (exact) mass is 308 g/mol. The van der Waals surface area contributed by atoms with Crippen LogP contribution in [0.4, 0.5) is 14.5 Å². The predicted molar refractivity (Wildman–Crippen MR) is 61.5 cm³/mol. The van der Waals surface area contributed by atoms with Crippen molar-refractivity contribution in [1.82, 2.24) is 0 Å². The van der Waals surface area contributed by atoms with Gasteiger partial charge in [-0.1, -0.05) is 0 Å². The molecule has 88 valence electrons. The van der Waals surface area contributed by atoms with Crippen molar-refractivity contribution >= 4 is 21.6 Å². The summed E-state index contributed by atoms with van der Waals surface area (Å²) in [6.07, 6.45) is 0. The molecule has 0 fully saturated rings. The van der Waals surface area contributed by atoms with Crippen molar-refractivity contribution in [3.05, 3.63) is 39.5 Å². The van der Waals surface area contributed by atoms with Crippen LogP contribution in [0.2, 0.25) is 0 Å².